The molecule has 0 atom stereocenters. The van der Waals surface area contributed by atoms with E-state index < -0.39 is 0 Å². The number of hydrogen-bond donors (Lipinski definition) is 1. The van der Waals surface area contributed by atoms with Gasteiger partial charge in [-0.05, 0) is 0 Å². The average Bonchev–Trinajstić information content (AvgIpc) is 2.61. The van der Waals surface area contributed by atoms with Crippen molar-refractivity contribution < 1.29 is 0 Å². The summed E-state index contributed by atoms with van der Waals surface area (Å²) in [5, 5.41) is 4.12. The van der Waals surface area contributed by atoms with Gasteiger partial charge in [-0.25, -0.2) is 15.0 Å². The van der Waals surface area contributed by atoms with E-state index in [9.17, 15) is 0 Å². The van der Waals surface area contributed by atoms with Gasteiger partial charge >= 0.3 is 0 Å². The fourth-order valence-corrected chi connectivity index (χ4v) is 0.983. The zero-order valence-corrected chi connectivity index (χ0v) is 7.18. The molecule has 7 heteroatoms. The zero-order chi connectivity index (χ0) is 9.26. The molecule has 0 bridgehead atoms. The van der Waals surface area contributed by atoms with Crippen LogP contribution in [0.15, 0.2) is 18.9 Å². The molecular formula is C6H5ClN6. The lowest BCUT2D eigenvalue weighted by Gasteiger charge is -2.01. The van der Waals surface area contributed by atoms with Crippen LogP contribution in [0.2, 0.25) is 5.15 Å². The summed E-state index contributed by atoms with van der Waals surface area (Å²) >= 11 is 5.64. The van der Waals surface area contributed by atoms with Gasteiger partial charge in [-0.3, -0.25) is 0 Å². The van der Waals surface area contributed by atoms with E-state index in [2.05, 4.69) is 20.1 Å². The third kappa shape index (κ3) is 1.43. The first-order valence-corrected chi connectivity index (χ1v) is 3.78. The fourth-order valence-electron chi connectivity index (χ4n) is 0.854. The average molecular weight is 197 g/mol. The molecule has 0 aromatic carbocycles. The van der Waals surface area contributed by atoms with E-state index in [1.807, 2.05) is 0 Å². The van der Waals surface area contributed by atoms with Gasteiger partial charge in [-0.1, -0.05) is 11.6 Å². The summed E-state index contributed by atoms with van der Waals surface area (Å²) in [4.78, 5) is 11.5. The minimum atomic E-state index is 0.259. The van der Waals surface area contributed by atoms with Gasteiger partial charge in [-0.15, -0.1) is 0 Å². The van der Waals surface area contributed by atoms with E-state index in [1.54, 1.807) is 0 Å². The summed E-state index contributed by atoms with van der Waals surface area (Å²) in [6.07, 6.45) is 4.22. The van der Waals surface area contributed by atoms with Crippen molar-refractivity contribution in [3.05, 3.63) is 24.0 Å². The predicted molar refractivity (Wildman–Crippen MR) is 46.4 cm³/mol. The van der Waals surface area contributed by atoms with Crippen molar-refractivity contribution in [2.45, 2.75) is 0 Å². The quantitative estimate of drug-likeness (QED) is 0.709. The molecule has 13 heavy (non-hydrogen) atoms. The van der Waals surface area contributed by atoms with E-state index in [-0.39, 0.29) is 11.0 Å². The van der Waals surface area contributed by atoms with Gasteiger partial charge in [0.05, 0.1) is 6.20 Å². The Kier molecular flexibility index (Phi) is 1.82. The van der Waals surface area contributed by atoms with E-state index in [0.29, 0.717) is 5.82 Å². The van der Waals surface area contributed by atoms with Crippen molar-refractivity contribution >= 4 is 17.4 Å². The maximum absolute atomic E-state index is 5.64. The molecule has 0 saturated heterocycles. The summed E-state index contributed by atoms with van der Waals surface area (Å²) in [5.74, 6) is 0.639. The lowest BCUT2D eigenvalue weighted by atomic mass is 10.6. The van der Waals surface area contributed by atoms with Gasteiger partial charge in [0.2, 0.25) is 0 Å². The predicted octanol–water partition coefficient (Wildman–Crippen LogP) is 0.293. The number of nitrogens with two attached hydrogens (primary N) is 1. The normalized spacial score (nSPS) is 10.2. The summed E-state index contributed by atoms with van der Waals surface area (Å²) in [6.45, 7) is 0. The van der Waals surface area contributed by atoms with E-state index >= 15 is 0 Å². The van der Waals surface area contributed by atoms with Gasteiger partial charge in [-0.2, -0.15) is 9.78 Å². The molecule has 0 unspecified atom stereocenters. The molecule has 0 amide bonds. The highest BCUT2D eigenvalue weighted by Crippen LogP contribution is 2.12. The SMILES string of the molecule is Nc1ncc(Cl)nc1-n1cncn1. The standard InChI is InChI=1S/C6H5ClN6/c7-4-1-10-5(8)6(12-4)13-3-9-2-11-13/h1-3H,(H2,8,10). The Balaban J connectivity index is 2.57. The van der Waals surface area contributed by atoms with Crippen LogP contribution in [0.25, 0.3) is 5.82 Å². The summed E-state index contributed by atoms with van der Waals surface area (Å²) in [6, 6.07) is 0. The molecule has 2 rings (SSSR count). The Bertz CT molecular complexity index is 411. The Hall–Kier alpha value is -1.69. The summed E-state index contributed by atoms with van der Waals surface area (Å²) in [5.41, 5.74) is 5.56. The van der Waals surface area contributed by atoms with Crippen LogP contribution in [0.3, 0.4) is 0 Å². The smallest absolute Gasteiger partial charge is 0.199 e. The lowest BCUT2D eigenvalue weighted by Crippen LogP contribution is -2.05. The van der Waals surface area contributed by atoms with Gasteiger partial charge in [0.25, 0.3) is 0 Å². The van der Waals surface area contributed by atoms with E-state index in [4.69, 9.17) is 17.3 Å². The Morgan fingerprint density at radius 3 is 3.00 bits per heavy atom. The fraction of sp³-hybridized carbons (Fsp3) is 0. The van der Waals surface area contributed by atoms with Crippen molar-refractivity contribution in [3.8, 4) is 5.82 Å². The van der Waals surface area contributed by atoms with Crippen LogP contribution in [-0.4, -0.2) is 24.7 Å². The molecule has 0 aliphatic rings. The number of aromatic nitrogens is 5. The van der Waals surface area contributed by atoms with Crippen molar-refractivity contribution in [1.29, 1.82) is 0 Å². The molecule has 0 fully saturated rings. The maximum Gasteiger partial charge on any atom is 0.199 e. The molecule has 2 aromatic heterocycles. The Labute approximate surface area is 78.4 Å². The van der Waals surface area contributed by atoms with Crippen LogP contribution < -0.4 is 5.73 Å². The van der Waals surface area contributed by atoms with Crippen LogP contribution in [0, 0.1) is 0 Å². The second-order valence-corrected chi connectivity index (χ2v) is 2.63. The first kappa shape index (κ1) is 7.93. The van der Waals surface area contributed by atoms with Crippen molar-refractivity contribution in [2.75, 3.05) is 5.73 Å². The number of halogens is 1. The molecule has 0 aliphatic carbocycles. The van der Waals surface area contributed by atoms with Crippen LogP contribution in [0.1, 0.15) is 0 Å². The van der Waals surface area contributed by atoms with Gasteiger partial charge < -0.3 is 5.73 Å². The topological polar surface area (TPSA) is 82.5 Å². The highest BCUT2D eigenvalue weighted by Gasteiger charge is 2.05. The zero-order valence-electron chi connectivity index (χ0n) is 6.42. The first-order valence-electron chi connectivity index (χ1n) is 3.40. The van der Waals surface area contributed by atoms with Crippen molar-refractivity contribution in [1.82, 2.24) is 24.7 Å². The molecule has 0 aliphatic heterocycles. The molecule has 2 aromatic rings. The molecule has 66 valence electrons. The second-order valence-electron chi connectivity index (χ2n) is 2.24. The van der Waals surface area contributed by atoms with Crippen molar-refractivity contribution in [3.63, 3.8) is 0 Å². The van der Waals surface area contributed by atoms with Gasteiger partial charge in [0, 0.05) is 0 Å². The molecule has 2 heterocycles. The van der Waals surface area contributed by atoms with E-state index in [1.165, 1.54) is 23.5 Å². The van der Waals surface area contributed by atoms with Crippen LogP contribution in [0.5, 0.6) is 0 Å². The molecule has 0 radical (unpaired) electrons. The molecule has 0 saturated carbocycles. The number of hydrogen-bond acceptors (Lipinski definition) is 5. The third-order valence-electron chi connectivity index (χ3n) is 1.39. The molecule has 6 nitrogen and oxygen atoms in total. The highest BCUT2D eigenvalue weighted by molar-refractivity contribution is 6.29. The van der Waals surface area contributed by atoms with E-state index in [0.717, 1.165) is 0 Å². The Morgan fingerprint density at radius 1 is 1.46 bits per heavy atom. The molecular weight excluding hydrogens is 192 g/mol. The van der Waals surface area contributed by atoms with Crippen LogP contribution in [0.4, 0.5) is 5.82 Å². The summed E-state index contributed by atoms with van der Waals surface area (Å²) < 4.78 is 1.40. The van der Waals surface area contributed by atoms with Crippen LogP contribution >= 0.6 is 11.6 Å². The minimum absolute atomic E-state index is 0.259. The number of rotatable bonds is 1. The minimum Gasteiger partial charge on any atom is -0.381 e. The van der Waals surface area contributed by atoms with Crippen molar-refractivity contribution in [2.24, 2.45) is 0 Å². The number of nitrogens with zero attached hydrogens (tertiary/aromatic N) is 5. The number of nitrogen functional groups attached to an aromatic ring is 1. The van der Waals surface area contributed by atoms with Gasteiger partial charge in [0.15, 0.2) is 11.6 Å². The largest absolute Gasteiger partial charge is 0.381 e. The summed E-state index contributed by atoms with van der Waals surface area (Å²) in [7, 11) is 0. The monoisotopic (exact) mass is 196 g/mol. The molecule has 2 N–H and O–H groups in total. The maximum atomic E-state index is 5.64. The Morgan fingerprint density at radius 2 is 2.31 bits per heavy atom. The van der Waals surface area contributed by atoms with Gasteiger partial charge in [0.1, 0.15) is 17.8 Å². The van der Waals surface area contributed by atoms with Crippen LogP contribution in [-0.2, 0) is 0 Å². The highest BCUT2D eigenvalue weighted by atomic mass is 35.5. The first-order chi connectivity index (χ1) is 6.27. The third-order valence-corrected chi connectivity index (χ3v) is 1.57. The second kappa shape index (κ2) is 2.98. The lowest BCUT2D eigenvalue weighted by molar-refractivity contribution is 0.841. The molecule has 0 spiro atoms. The number of anilines is 1.